The van der Waals surface area contributed by atoms with Crippen LogP contribution in [-0.2, 0) is 0 Å². The Kier molecular flexibility index (Phi) is 65.9. The van der Waals surface area contributed by atoms with Crippen LogP contribution in [-0.4, -0.2) is 29.8 Å². The summed E-state index contributed by atoms with van der Waals surface area (Å²) in [5.41, 5.74) is 0.861. The molecular weight excluding hydrogens is 149 g/mol. The lowest BCUT2D eigenvalue weighted by molar-refractivity contribution is 1.02. The number of halogens is 2. The predicted molar refractivity (Wildman–Crippen MR) is 42.9 cm³/mol. The van der Waals surface area contributed by atoms with Gasteiger partial charge in [0, 0.05) is 15.7 Å². The van der Waals surface area contributed by atoms with Crippen LogP contribution < -0.4 is 5.32 Å². The van der Waals surface area contributed by atoms with Gasteiger partial charge in [-0.1, -0.05) is 0 Å². The first kappa shape index (κ1) is 15.7. The Labute approximate surface area is 59.7 Å². The molecule has 0 spiro atoms. The van der Waals surface area contributed by atoms with Crippen LogP contribution in [0, 0.1) is 0 Å². The largest absolute Gasteiger partial charge is 0.323 e. The second-order valence-corrected chi connectivity index (χ2v) is 2.91. The van der Waals surface area contributed by atoms with Gasteiger partial charge in [0.2, 0.25) is 0 Å². The fourth-order valence-corrected chi connectivity index (χ4v) is 0. The second-order valence-electron chi connectivity index (χ2n) is 0.767. The summed E-state index contributed by atoms with van der Waals surface area (Å²) in [6, 6.07) is 0. The zero-order chi connectivity index (χ0) is 5.41. The van der Waals surface area contributed by atoms with Crippen molar-refractivity contribution in [3.05, 3.63) is 0 Å². The molecule has 0 aromatic carbocycles. The number of alkyl halides is 1. The van der Waals surface area contributed by atoms with E-state index in [0.29, 0.717) is 0 Å². The van der Waals surface area contributed by atoms with Crippen molar-refractivity contribution in [2.24, 2.45) is 0 Å². The zero-order valence-corrected chi connectivity index (χ0v) is 8.57. The van der Waals surface area contributed by atoms with Gasteiger partial charge in [-0.25, -0.2) is 0 Å². The van der Waals surface area contributed by atoms with E-state index < -0.39 is 0 Å². The Hall–Kier alpha value is 0.757. The molecule has 0 unspecified atom stereocenters. The molecule has 0 rings (SSSR count). The van der Waals surface area contributed by atoms with Gasteiger partial charge in [0.15, 0.2) is 0 Å². The fraction of sp³-hybridized carbons (Fsp3) is 1.00. The molecule has 0 aromatic rings. The third-order valence-corrected chi connectivity index (χ3v) is 0. The van der Waals surface area contributed by atoms with E-state index in [9.17, 15) is 0 Å². The monoisotopic (exact) mass is 161 g/mol. The lowest BCUT2D eigenvalue weighted by Gasteiger charge is -1.59. The highest BCUT2D eigenvalue weighted by Crippen LogP contribution is 1.52. The molecule has 0 saturated carbocycles. The summed E-state index contributed by atoms with van der Waals surface area (Å²) in [6.07, 6.45) is 0. The fourth-order valence-electron chi connectivity index (χ4n) is 0. The van der Waals surface area contributed by atoms with E-state index >= 15 is 0 Å². The van der Waals surface area contributed by atoms with Gasteiger partial charge < -0.3 is 5.32 Å². The molecule has 0 aliphatic rings. The van der Waals surface area contributed by atoms with Crippen LogP contribution in [0.15, 0.2) is 0 Å². The zero-order valence-electron chi connectivity index (χ0n) is 4.99. The first-order valence-electron chi connectivity index (χ1n) is 1.97. The summed E-state index contributed by atoms with van der Waals surface area (Å²) in [4.78, 5) is 0. The summed E-state index contributed by atoms with van der Waals surface area (Å²) in [5.74, 6) is 0. The number of nitrogens with one attached hydrogen (secondary N) is 1. The molecule has 0 aliphatic heterocycles. The van der Waals surface area contributed by atoms with Crippen LogP contribution in [0.25, 0.3) is 0 Å². The van der Waals surface area contributed by atoms with Crippen molar-refractivity contribution >= 4 is 34.3 Å². The first-order valence-corrected chi connectivity index (χ1v) is 3.92. The van der Waals surface area contributed by atoms with E-state index in [1.54, 1.807) is 0 Å². The van der Waals surface area contributed by atoms with Gasteiger partial charge in [0.05, 0.1) is 0 Å². The van der Waals surface area contributed by atoms with Crippen molar-refractivity contribution in [1.29, 1.82) is 0 Å². The number of hydrogen-bond donors (Lipinski definition) is 1. The van der Waals surface area contributed by atoms with Gasteiger partial charge in [-0.2, -0.15) is 0 Å². The molecule has 1 N–H and O–H groups in total. The van der Waals surface area contributed by atoms with Crippen LogP contribution in [0.4, 0.5) is 0 Å². The van der Waals surface area contributed by atoms with Gasteiger partial charge in [-0.15, -0.1) is 24.0 Å². The Bertz CT molecular complexity index is 14.9. The van der Waals surface area contributed by atoms with Crippen molar-refractivity contribution < 1.29 is 0 Å². The molecule has 0 atom stereocenters. The lowest BCUT2D eigenvalue weighted by atomic mass is 11.3. The maximum absolute atomic E-state index is 5.06. The summed E-state index contributed by atoms with van der Waals surface area (Å²) in [6.45, 7) is 0. The van der Waals surface area contributed by atoms with Gasteiger partial charge in [-0.3, -0.25) is 0 Å². The van der Waals surface area contributed by atoms with E-state index in [0.717, 1.165) is 15.7 Å². The van der Waals surface area contributed by atoms with Crippen molar-refractivity contribution in [2.75, 3.05) is 19.6 Å². The Morgan fingerprint density at radius 1 is 1.57 bits per heavy atom. The summed E-state index contributed by atoms with van der Waals surface area (Å²) < 4.78 is 0. The van der Waals surface area contributed by atoms with E-state index in [1.807, 2.05) is 14.1 Å². The predicted octanol–water partition coefficient (Wildman–Crippen LogP) is -0.195. The van der Waals surface area contributed by atoms with Crippen molar-refractivity contribution in [3.63, 3.8) is 0 Å². The van der Waals surface area contributed by atoms with Gasteiger partial charge in [-0.05, 0) is 14.1 Å². The molecule has 4 heteroatoms. The summed E-state index contributed by atoms with van der Waals surface area (Å²) in [5, 5.41) is 2.75. The minimum atomic E-state index is 0. The molecule has 0 radical (unpaired) electrons. The smallest absolute Gasteiger partial charge is 0.0215 e. The van der Waals surface area contributed by atoms with E-state index in [4.69, 9.17) is 11.6 Å². The second kappa shape index (κ2) is 29.5. The minimum absolute atomic E-state index is 0. The first-order chi connectivity index (χ1) is 2.83. The average molecular weight is 162 g/mol. The molecule has 0 fully saturated rings. The lowest BCUT2D eigenvalue weighted by Crippen LogP contribution is -1.89. The van der Waals surface area contributed by atoms with Crippen LogP contribution in [0.5, 0.6) is 0 Å². The van der Waals surface area contributed by atoms with Crippen molar-refractivity contribution in [2.45, 2.75) is 0 Å². The van der Waals surface area contributed by atoms with Crippen molar-refractivity contribution in [3.8, 4) is 0 Å². The van der Waals surface area contributed by atoms with E-state index in [1.165, 1.54) is 0 Å². The topological polar surface area (TPSA) is 12.0 Å². The van der Waals surface area contributed by atoms with Gasteiger partial charge >= 0.3 is 0 Å². The third kappa shape index (κ3) is 267. The molecule has 0 aromatic heterocycles. The number of hydrogen-bond acceptors (Lipinski definition) is 1. The summed E-state index contributed by atoms with van der Waals surface area (Å²) in [7, 11) is 4.88. The summed E-state index contributed by atoms with van der Waals surface area (Å²) >= 11 is 5.06. The maximum atomic E-state index is 5.06. The third-order valence-electron chi connectivity index (χ3n) is 0. The molecule has 0 heterocycles. The highest BCUT2D eigenvalue weighted by Gasteiger charge is 1.39. The molecule has 48 valence electrons. The molecule has 0 bridgehead atoms. The van der Waals surface area contributed by atoms with Gasteiger partial charge in [0.1, 0.15) is 0 Å². The highest BCUT2D eigenvalue weighted by atomic mass is 35.5. The quantitative estimate of drug-likeness (QED) is 0.384. The minimum Gasteiger partial charge on any atom is -0.323 e. The van der Waals surface area contributed by atoms with Crippen LogP contribution in [0.1, 0.15) is 0 Å². The number of rotatable bonds is 0. The molecule has 0 aliphatic carbocycles. The average Bonchev–Trinajstić information content (AvgIpc) is 1.39. The Balaban J connectivity index is -0.0000000400. The normalized spacial score (nSPS) is 5.57. The Morgan fingerprint density at radius 2 is 1.57 bits per heavy atom. The van der Waals surface area contributed by atoms with Crippen LogP contribution in [0.2, 0.25) is 0 Å². The molecular formula is C3H13Cl2NSi. The van der Waals surface area contributed by atoms with E-state index in [2.05, 4.69) is 5.32 Å². The van der Waals surface area contributed by atoms with Gasteiger partial charge in [0.25, 0.3) is 0 Å². The van der Waals surface area contributed by atoms with E-state index in [-0.39, 0.29) is 12.4 Å². The van der Waals surface area contributed by atoms with Crippen LogP contribution >= 0.6 is 24.0 Å². The SMILES string of the molecule is CNC.Cl.[SiH3]CCl. The standard InChI is InChI=1S/C2H7N.CH5ClSi.ClH/c1-3-2;2-1-3;/h3H,1-2H3;1H2,3H3;1H. The Morgan fingerprint density at radius 3 is 1.57 bits per heavy atom. The van der Waals surface area contributed by atoms with Crippen molar-refractivity contribution in [1.82, 2.24) is 5.32 Å². The molecule has 7 heavy (non-hydrogen) atoms. The van der Waals surface area contributed by atoms with Crippen LogP contribution in [0.3, 0.4) is 0 Å². The molecule has 1 nitrogen and oxygen atoms in total. The highest BCUT2D eigenvalue weighted by molar-refractivity contribution is 6.36. The molecule has 0 saturated heterocycles. The molecule has 0 amide bonds. The maximum Gasteiger partial charge on any atom is 0.0215 e.